The highest BCUT2D eigenvalue weighted by molar-refractivity contribution is 5.85. The summed E-state index contributed by atoms with van der Waals surface area (Å²) in [6.45, 7) is 1.21. The highest BCUT2D eigenvalue weighted by atomic mass is 19.3. The average Bonchev–Trinajstić information content (AvgIpc) is 3.32. The van der Waals surface area contributed by atoms with Crippen molar-refractivity contribution >= 4 is 17.7 Å². The number of pyridine rings is 1. The molecular weight excluding hydrogens is 498 g/mol. The Balaban J connectivity index is 1.01. The first kappa shape index (κ1) is 26.5. The van der Waals surface area contributed by atoms with E-state index in [1.165, 1.54) is 10.1 Å². The van der Waals surface area contributed by atoms with Crippen molar-refractivity contribution in [3.05, 3.63) is 35.0 Å². The zero-order chi connectivity index (χ0) is 26.6. The molecule has 0 spiro atoms. The molecule has 2 unspecified atom stereocenters. The Hall–Kier alpha value is -3.15. The molecule has 206 valence electrons. The van der Waals surface area contributed by atoms with Crippen molar-refractivity contribution in [2.45, 2.75) is 82.9 Å². The second-order valence-corrected chi connectivity index (χ2v) is 10.5. The topological polar surface area (TPSA) is 131 Å². The third-order valence-electron chi connectivity index (χ3n) is 7.87. The van der Waals surface area contributed by atoms with E-state index >= 15 is 0 Å². The van der Waals surface area contributed by atoms with Gasteiger partial charge in [0.05, 0.1) is 12.0 Å². The van der Waals surface area contributed by atoms with E-state index in [0.717, 1.165) is 56.6 Å². The molecule has 5 rings (SSSR count). The number of ether oxygens (including phenoxy) is 1. The Bertz CT molecular complexity index is 1150. The molecule has 3 aliphatic rings. The van der Waals surface area contributed by atoms with Gasteiger partial charge >= 0.3 is 5.97 Å². The summed E-state index contributed by atoms with van der Waals surface area (Å²) >= 11 is 0. The van der Waals surface area contributed by atoms with E-state index in [2.05, 4.69) is 33.0 Å². The van der Waals surface area contributed by atoms with Gasteiger partial charge in [-0.2, -0.15) is 0 Å². The molecular formula is C26H34F2N6O4. The van der Waals surface area contributed by atoms with Gasteiger partial charge in [0, 0.05) is 38.2 Å². The Morgan fingerprint density at radius 1 is 1.24 bits per heavy atom. The van der Waals surface area contributed by atoms with Gasteiger partial charge < -0.3 is 25.0 Å². The predicted molar refractivity (Wildman–Crippen MR) is 133 cm³/mol. The summed E-state index contributed by atoms with van der Waals surface area (Å²) in [4.78, 5) is 29.2. The summed E-state index contributed by atoms with van der Waals surface area (Å²) in [7, 11) is 0. The number of carbonyl (C=O) groups excluding carboxylic acids is 1. The van der Waals surface area contributed by atoms with E-state index in [-0.39, 0.29) is 25.7 Å². The fourth-order valence-corrected chi connectivity index (χ4v) is 5.53. The van der Waals surface area contributed by atoms with Crippen molar-refractivity contribution < 1.29 is 28.2 Å². The number of carboxylic acid groups (broad SMARTS) is 1. The molecule has 4 heterocycles. The SMILES string of the molecule is O=C(NC(CCOC1CC(CCc2ccc3c(n2)NCCC3)C1)C(=O)O)C1CCc2nnc(C(F)F)n2C1. The Labute approximate surface area is 219 Å². The zero-order valence-corrected chi connectivity index (χ0v) is 21.2. The molecule has 0 saturated heterocycles. The van der Waals surface area contributed by atoms with Gasteiger partial charge in [0.2, 0.25) is 5.91 Å². The second kappa shape index (κ2) is 11.7. The number of aromatic nitrogens is 4. The summed E-state index contributed by atoms with van der Waals surface area (Å²) < 4.78 is 33.4. The molecule has 1 saturated carbocycles. The van der Waals surface area contributed by atoms with Crippen LogP contribution in [0.2, 0.25) is 0 Å². The number of aryl methyl sites for hydroxylation is 3. The average molecular weight is 533 g/mol. The molecule has 1 fully saturated rings. The third-order valence-corrected chi connectivity index (χ3v) is 7.87. The third kappa shape index (κ3) is 6.11. The molecule has 38 heavy (non-hydrogen) atoms. The maximum Gasteiger partial charge on any atom is 0.326 e. The Morgan fingerprint density at radius 2 is 2.08 bits per heavy atom. The lowest BCUT2D eigenvalue weighted by Gasteiger charge is -2.35. The molecule has 2 aliphatic heterocycles. The minimum Gasteiger partial charge on any atom is -0.480 e. The van der Waals surface area contributed by atoms with Gasteiger partial charge in [-0.15, -0.1) is 10.2 Å². The molecule has 0 bridgehead atoms. The van der Waals surface area contributed by atoms with Crippen LogP contribution in [0.3, 0.4) is 0 Å². The molecule has 10 nitrogen and oxygen atoms in total. The summed E-state index contributed by atoms with van der Waals surface area (Å²) in [5, 5.41) is 22.8. The lowest BCUT2D eigenvalue weighted by Crippen LogP contribution is -2.46. The fourth-order valence-electron chi connectivity index (χ4n) is 5.53. The highest BCUT2D eigenvalue weighted by Gasteiger charge is 2.33. The summed E-state index contributed by atoms with van der Waals surface area (Å²) in [5.74, 6) is -0.688. The van der Waals surface area contributed by atoms with E-state index in [1.54, 1.807) is 0 Å². The molecule has 1 aliphatic carbocycles. The minimum absolute atomic E-state index is 0.0115. The molecule has 3 N–H and O–H groups in total. The van der Waals surface area contributed by atoms with Crippen LogP contribution >= 0.6 is 0 Å². The van der Waals surface area contributed by atoms with Gasteiger partial charge in [-0.05, 0) is 62.5 Å². The van der Waals surface area contributed by atoms with Crippen LogP contribution in [0, 0.1) is 11.8 Å². The standard InChI is InChI=1S/C26H34F2N6O4/c27-22(28)24-33-32-21-8-5-17(14-34(21)24)25(35)31-20(26(36)37)9-11-38-19-12-15(13-19)3-6-18-7-4-16-2-1-10-29-23(16)30-18/h4,7,15,17,19-20,22H,1-3,5-6,8-14H2,(H,29,30)(H,31,35)(H,36,37). The van der Waals surface area contributed by atoms with Crippen LogP contribution < -0.4 is 10.6 Å². The van der Waals surface area contributed by atoms with Crippen LogP contribution in [0.25, 0.3) is 0 Å². The molecule has 12 heteroatoms. The summed E-state index contributed by atoms with van der Waals surface area (Å²) in [6.07, 6.45) is 4.25. The lowest BCUT2D eigenvalue weighted by atomic mass is 9.79. The van der Waals surface area contributed by atoms with Crippen LogP contribution in [0.1, 0.15) is 67.9 Å². The first-order valence-corrected chi connectivity index (χ1v) is 13.4. The van der Waals surface area contributed by atoms with Gasteiger partial charge in [0.15, 0.2) is 5.82 Å². The number of hydrogen-bond donors (Lipinski definition) is 3. The van der Waals surface area contributed by atoms with E-state index in [1.807, 2.05) is 0 Å². The number of alkyl halides is 2. The van der Waals surface area contributed by atoms with Gasteiger partial charge in [-0.3, -0.25) is 4.79 Å². The number of amides is 1. The summed E-state index contributed by atoms with van der Waals surface area (Å²) in [6, 6.07) is 3.20. The number of halogens is 2. The maximum atomic E-state index is 13.2. The van der Waals surface area contributed by atoms with E-state index < -0.39 is 36.1 Å². The normalized spacial score (nSPS) is 23.1. The fraction of sp³-hybridized carbons (Fsp3) is 0.654. The quantitative estimate of drug-likeness (QED) is 0.403. The van der Waals surface area contributed by atoms with Crippen molar-refractivity contribution in [3.63, 3.8) is 0 Å². The molecule has 2 atom stereocenters. The Kier molecular flexibility index (Phi) is 8.15. The highest BCUT2D eigenvalue weighted by Crippen LogP contribution is 2.34. The van der Waals surface area contributed by atoms with Crippen molar-refractivity contribution in [1.29, 1.82) is 0 Å². The van der Waals surface area contributed by atoms with Crippen molar-refractivity contribution in [2.24, 2.45) is 11.8 Å². The van der Waals surface area contributed by atoms with Crippen molar-refractivity contribution in [1.82, 2.24) is 25.1 Å². The molecule has 0 aromatic carbocycles. The first-order chi connectivity index (χ1) is 18.4. The smallest absolute Gasteiger partial charge is 0.326 e. The molecule has 1 amide bonds. The number of carbonyl (C=O) groups is 2. The first-order valence-electron chi connectivity index (χ1n) is 13.4. The van der Waals surface area contributed by atoms with Crippen LogP contribution in [-0.2, 0) is 40.1 Å². The lowest BCUT2D eigenvalue weighted by molar-refractivity contribution is -0.143. The van der Waals surface area contributed by atoms with Gasteiger partial charge in [-0.1, -0.05) is 6.07 Å². The zero-order valence-electron chi connectivity index (χ0n) is 21.2. The Morgan fingerprint density at radius 3 is 2.87 bits per heavy atom. The van der Waals surface area contributed by atoms with E-state index in [4.69, 9.17) is 9.72 Å². The van der Waals surface area contributed by atoms with Crippen LogP contribution in [-0.4, -0.2) is 62.0 Å². The van der Waals surface area contributed by atoms with Gasteiger partial charge in [0.1, 0.15) is 17.7 Å². The molecule has 2 aromatic heterocycles. The van der Waals surface area contributed by atoms with Gasteiger partial charge in [-0.25, -0.2) is 18.6 Å². The second-order valence-electron chi connectivity index (χ2n) is 10.5. The predicted octanol–water partition coefficient (Wildman–Crippen LogP) is 2.92. The molecule has 0 radical (unpaired) electrons. The number of nitrogens with one attached hydrogen (secondary N) is 2. The van der Waals surface area contributed by atoms with Crippen molar-refractivity contribution in [3.8, 4) is 0 Å². The van der Waals surface area contributed by atoms with Crippen LogP contribution in [0.15, 0.2) is 12.1 Å². The number of aliphatic carboxylic acids is 1. The number of hydrogen-bond acceptors (Lipinski definition) is 7. The van der Waals surface area contributed by atoms with Crippen LogP contribution in [0.5, 0.6) is 0 Å². The van der Waals surface area contributed by atoms with Crippen LogP contribution in [0.4, 0.5) is 14.6 Å². The number of nitrogens with zero attached hydrogens (tertiary/aromatic N) is 4. The number of carboxylic acids is 1. The number of fused-ring (bicyclic) bond motifs is 2. The number of rotatable bonds is 11. The van der Waals surface area contributed by atoms with E-state index in [9.17, 15) is 23.5 Å². The maximum absolute atomic E-state index is 13.2. The van der Waals surface area contributed by atoms with E-state index in [0.29, 0.717) is 24.6 Å². The summed E-state index contributed by atoms with van der Waals surface area (Å²) in [5.41, 5.74) is 2.39. The van der Waals surface area contributed by atoms with Gasteiger partial charge in [0.25, 0.3) is 6.43 Å². The van der Waals surface area contributed by atoms with Crippen molar-refractivity contribution in [2.75, 3.05) is 18.5 Å². The number of anilines is 1. The monoisotopic (exact) mass is 532 g/mol. The minimum atomic E-state index is -2.79. The molecule has 2 aromatic rings. The largest absolute Gasteiger partial charge is 0.480 e.